The minimum atomic E-state index is -3.55. The van der Waals surface area contributed by atoms with Gasteiger partial charge < -0.3 is 4.90 Å². The highest BCUT2D eigenvalue weighted by molar-refractivity contribution is 7.89. The SMILES string of the molecule is Cc1c(CCl)cc(Cl)cc1S(=O)(=O)N(C)CCCN(C)C. The van der Waals surface area contributed by atoms with Gasteiger partial charge in [-0.15, -0.1) is 11.6 Å². The van der Waals surface area contributed by atoms with Gasteiger partial charge in [0.2, 0.25) is 10.0 Å². The molecule has 4 nitrogen and oxygen atoms in total. The molecule has 0 saturated heterocycles. The van der Waals surface area contributed by atoms with Gasteiger partial charge in [0.15, 0.2) is 0 Å². The topological polar surface area (TPSA) is 40.6 Å². The van der Waals surface area contributed by atoms with Crippen molar-refractivity contribution < 1.29 is 8.42 Å². The first-order valence-corrected chi connectivity index (χ1v) is 9.01. The van der Waals surface area contributed by atoms with Gasteiger partial charge in [-0.05, 0) is 57.2 Å². The molecule has 0 unspecified atom stereocenters. The van der Waals surface area contributed by atoms with E-state index in [2.05, 4.69) is 0 Å². The van der Waals surface area contributed by atoms with Crippen LogP contribution in [0.4, 0.5) is 0 Å². The van der Waals surface area contributed by atoms with Gasteiger partial charge in [0, 0.05) is 24.5 Å². The summed E-state index contributed by atoms with van der Waals surface area (Å²) in [6.07, 6.45) is 0.769. The smallest absolute Gasteiger partial charge is 0.243 e. The summed E-state index contributed by atoms with van der Waals surface area (Å²) in [5.74, 6) is 0.235. The third kappa shape index (κ3) is 4.83. The zero-order valence-corrected chi connectivity index (χ0v) is 15.2. The first-order valence-electron chi connectivity index (χ1n) is 6.66. The molecule has 1 aromatic rings. The van der Waals surface area contributed by atoms with Crippen LogP contribution < -0.4 is 0 Å². The van der Waals surface area contributed by atoms with E-state index in [9.17, 15) is 8.42 Å². The van der Waals surface area contributed by atoms with Crippen LogP contribution >= 0.6 is 23.2 Å². The Hall–Kier alpha value is -0.330. The van der Waals surface area contributed by atoms with Crippen molar-refractivity contribution in [3.05, 3.63) is 28.3 Å². The van der Waals surface area contributed by atoms with E-state index in [1.54, 1.807) is 20.0 Å². The highest BCUT2D eigenvalue weighted by atomic mass is 35.5. The van der Waals surface area contributed by atoms with Crippen LogP contribution in [0.15, 0.2) is 17.0 Å². The van der Waals surface area contributed by atoms with Gasteiger partial charge in [0.25, 0.3) is 0 Å². The largest absolute Gasteiger partial charge is 0.309 e. The predicted molar refractivity (Wildman–Crippen MR) is 88.7 cm³/mol. The van der Waals surface area contributed by atoms with Crippen molar-refractivity contribution in [3.8, 4) is 0 Å². The third-order valence-electron chi connectivity index (χ3n) is 3.34. The lowest BCUT2D eigenvalue weighted by Crippen LogP contribution is -2.30. The lowest BCUT2D eigenvalue weighted by atomic mass is 10.1. The first-order chi connectivity index (χ1) is 9.70. The fraction of sp³-hybridized carbons (Fsp3) is 0.571. The Morgan fingerprint density at radius 1 is 1.14 bits per heavy atom. The molecule has 0 fully saturated rings. The van der Waals surface area contributed by atoms with Crippen LogP contribution in [0, 0.1) is 6.92 Å². The number of sulfonamides is 1. The van der Waals surface area contributed by atoms with E-state index in [1.807, 2.05) is 19.0 Å². The van der Waals surface area contributed by atoms with Crippen molar-refractivity contribution in [2.75, 3.05) is 34.2 Å². The van der Waals surface area contributed by atoms with E-state index in [0.29, 0.717) is 17.1 Å². The molecule has 0 aromatic heterocycles. The van der Waals surface area contributed by atoms with Gasteiger partial charge in [0.05, 0.1) is 4.90 Å². The monoisotopic (exact) mass is 352 g/mol. The van der Waals surface area contributed by atoms with Crippen molar-refractivity contribution >= 4 is 33.2 Å². The molecule has 0 aliphatic rings. The molecule has 0 saturated carbocycles. The maximum absolute atomic E-state index is 12.7. The fourth-order valence-corrected chi connectivity index (χ4v) is 4.09. The van der Waals surface area contributed by atoms with Gasteiger partial charge >= 0.3 is 0 Å². The molecule has 0 heterocycles. The van der Waals surface area contributed by atoms with E-state index in [4.69, 9.17) is 23.2 Å². The van der Waals surface area contributed by atoms with Gasteiger partial charge in [-0.1, -0.05) is 11.6 Å². The second kappa shape index (κ2) is 7.79. The Bertz CT molecular complexity index is 589. The minimum absolute atomic E-state index is 0.234. The molecule has 1 rings (SSSR count). The van der Waals surface area contributed by atoms with Crippen molar-refractivity contribution in [3.63, 3.8) is 0 Å². The molecule has 1 aromatic carbocycles. The van der Waals surface area contributed by atoms with Gasteiger partial charge in [-0.25, -0.2) is 12.7 Å². The summed E-state index contributed by atoms with van der Waals surface area (Å²) in [7, 11) is 1.96. The number of rotatable bonds is 7. The number of hydrogen-bond donors (Lipinski definition) is 0. The van der Waals surface area contributed by atoms with Crippen LogP contribution in [0.5, 0.6) is 0 Å². The molecule has 0 radical (unpaired) electrons. The molecule has 0 spiro atoms. The molecule has 0 amide bonds. The van der Waals surface area contributed by atoms with E-state index in [0.717, 1.165) is 18.5 Å². The third-order valence-corrected chi connectivity index (χ3v) is 5.83. The number of hydrogen-bond acceptors (Lipinski definition) is 3. The fourth-order valence-electron chi connectivity index (χ4n) is 2.01. The number of nitrogens with zero attached hydrogens (tertiary/aromatic N) is 2. The molecule has 120 valence electrons. The standard InChI is InChI=1S/C14H22Cl2N2O2S/c1-11-12(10-15)8-13(16)9-14(11)21(19,20)18(4)7-5-6-17(2)3/h8-9H,5-7,10H2,1-4H3. The molecule has 0 atom stereocenters. The number of alkyl halides is 1. The summed E-state index contributed by atoms with van der Waals surface area (Å²) >= 11 is 11.9. The quantitative estimate of drug-likeness (QED) is 0.708. The molecule has 0 N–H and O–H groups in total. The van der Waals surface area contributed by atoms with Crippen LogP contribution in [0.1, 0.15) is 17.5 Å². The molecule has 0 aliphatic carbocycles. The molecule has 0 aliphatic heterocycles. The van der Waals surface area contributed by atoms with Crippen LogP contribution in [0.25, 0.3) is 0 Å². The lowest BCUT2D eigenvalue weighted by Gasteiger charge is -2.20. The Balaban J connectivity index is 3.05. The summed E-state index contributed by atoms with van der Waals surface area (Å²) in [5.41, 5.74) is 1.40. The van der Waals surface area contributed by atoms with Crippen molar-refractivity contribution in [1.29, 1.82) is 0 Å². The summed E-state index contributed by atoms with van der Waals surface area (Å²) in [6, 6.07) is 3.19. The Morgan fingerprint density at radius 2 is 1.76 bits per heavy atom. The molecular weight excluding hydrogens is 331 g/mol. The van der Waals surface area contributed by atoms with Gasteiger partial charge in [-0.2, -0.15) is 0 Å². The highest BCUT2D eigenvalue weighted by Crippen LogP contribution is 2.27. The average molecular weight is 353 g/mol. The zero-order valence-electron chi connectivity index (χ0n) is 12.9. The van der Waals surface area contributed by atoms with Crippen molar-refractivity contribution in [1.82, 2.24) is 9.21 Å². The second-order valence-corrected chi connectivity index (χ2v) is 8.02. The van der Waals surface area contributed by atoms with Crippen LogP contribution in [0.2, 0.25) is 5.02 Å². The second-order valence-electron chi connectivity index (χ2n) is 5.31. The van der Waals surface area contributed by atoms with E-state index >= 15 is 0 Å². The van der Waals surface area contributed by atoms with Crippen LogP contribution in [0.3, 0.4) is 0 Å². The summed E-state index contributed by atoms with van der Waals surface area (Å²) in [5, 5.41) is 0.386. The van der Waals surface area contributed by atoms with Gasteiger partial charge in [0.1, 0.15) is 0 Å². The molecule has 7 heteroatoms. The van der Waals surface area contributed by atoms with E-state index in [-0.39, 0.29) is 10.8 Å². The number of benzene rings is 1. The zero-order chi connectivity index (χ0) is 16.2. The van der Waals surface area contributed by atoms with Gasteiger partial charge in [-0.3, -0.25) is 0 Å². The molecule has 0 bridgehead atoms. The summed E-state index contributed by atoms with van der Waals surface area (Å²) in [4.78, 5) is 2.26. The molecular formula is C14H22Cl2N2O2S. The normalized spacial score (nSPS) is 12.4. The maximum atomic E-state index is 12.7. The van der Waals surface area contributed by atoms with Crippen molar-refractivity contribution in [2.24, 2.45) is 0 Å². The van der Waals surface area contributed by atoms with E-state index in [1.165, 1.54) is 10.4 Å². The van der Waals surface area contributed by atoms with Crippen LogP contribution in [-0.4, -0.2) is 51.9 Å². The minimum Gasteiger partial charge on any atom is -0.309 e. The van der Waals surface area contributed by atoms with E-state index < -0.39 is 10.0 Å². The highest BCUT2D eigenvalue weighted by Gasteiger charge is 2.24. The molecule has 21 heavy (non-hydrogen) atoms. The number of halogens is 2. The Kier molecular flexibility index (Phi) is 6.94. The average Bonchev–Trinajstić information content (AvgIpc) is 2.40. The van der Waals surface area contributed by atoms with Crippen molar-refractivity contribution in [2.45, 2.75) is 24.1 Å². The lowest BCUT2D eigenvalue weighted by molar-refractivity contribution is 0.370. The maximum Gasteiger partial charge on any atom is 0.243 e. The Labute approximate surface area is 137 Å². The summed E-state index contributed by atoms with van der Waals surface area (Å²) in [6.45, 7) is 3.05. The Morgan fingerprint density at radius 3 is 2.29 bits per heavy atom. The van der Waals surface area contributed by atoms with Crippen LogP contribution in [-0.2, 0) is 15.9 Å². The first kappa shape index (κ1) is 18.7. The predicted octanol–water partition coefficient (Wildman–Crippen LogP) is 2.96. The summed E-state index contributed by atoms with van der Waals surface area (Å²) < 4.78 is 26.7.